The first-order valence-electron chi connectivity index (χ1n) is 13.6. The number of carbonyl (C=O) groups excluding carboxylic acids is 1. The fourth-order valence-electron chi connectivity index (χ4n) is 4.62. The molecule has 8 nitrogen and oxygen atoms in total. The zero-order valence-electron chi connectivity index (χ0n) is 23.2. The number of ether oxygens (including phenoxy) is 2. The molecule has 1 aliphatic carbocycles. The van der Waals surface area contributed by atoms with E-state index in [1.165, 1.54) is 0 Å². The van der Waals surface area contributed by atoms with Gasteiger partial charge in [-0.15, -0.1) is 0 Å². The summed E-state index contributed by atoms with van der Waals surface area (Å²) in [5.74, 6) is 0.105. The predicted molar refractivity (Wildman–Crippen MR) is 155 cm³/mol. The van der Waals surface area contributed by atoms with Crippen LogP contribution >= 0.6 is 0 Å². The number of hydrogen-bond donors (Lipinski definition) is 2. The lowest BCUT2D eigenvalue weighted by molar-refractivity contribution is -0.144. The summed E-state index contributed by atoms with van der Waals surface area (Å²) in [4.78, 5) is 30.6. The number of carboxylic acids is 1. The number of anilines is 1. The van der Waals surface area contributed by atoms with Crippen LogP contribution in [0.5, 0.6) is 11.5 Å². The van der Waals surface area contributed by atoms with Crippen molar-refractivity contribution in [3.63, 3.8) is 0 Å². The van der Waals surface area contributed by atoms with E-state index < -0.39 is 5.97 Å². The molecule has 2 aromatic carbocycles. The Hall–Kier alpha value is -4.01. The fraction of sp³-hybridized carbons (Fsp3) is 0.344. The Morgan fingerprint density at radius 2 is 1.70 bits per heavy atom. The number of carbonyl (C=O) groups is 2. The van der Waals surface area contributed by atoms with Gasteiger partial charge in [0.15, 0.2) is 0 Å². The van der Waals surface area contributed by atoms with E-state index in [4.69, 9.17) is 9.47 Å². The third-order valence-corrected chi connectivity index (χ3v) is 7.01. The van der Waals surface area contributed by atoms with E-state index in [1.54, 1.807) is 24.4 Å². The second-order valence-corrected chi connectivity index (χ2v) is 10.3. The summed E-state index contributed by atoms with van der Waals surface area (Å²) in [7, 11) is 3.92. The van der Waals surface area contributed by atoms with Crippen molar-refractivity contribution in [2.24, 2.45) is 5.92 Å². The van der Waals surface area contributed by atoms with Gasteiger partial charge in [0, 0.05) is 17.2 Å². The van der Waals surface area contributed by atoms with Gasteiger partial charge in [-0.1, -0.05) is 37.3 Å². The first kappa shape index (κ1) is 29.0. The van der Waals surface area contributed by atoms with Crippen LogP contribution in [0, 0.1) is 5.92 Å². The third kappa shape index (κ3) is 8.24. The molecule has 210 valence electrons. The average molecular weight is 544 g/mol. The number of hydrogen-bond acceptors (Lipinski definition) is 6. The number of benzene rings is 2. The van der Waals surface area contributed by atoms with Crippen LogP contribution in [0.4, 0.5) is 5.69 Å². The zero-order valence-corrected chi connectivity index (χ0v) is 23.2. The molecule has 4 rings (SSSR count). The topological polar surface area (TPSA) is 101 Å². The molecule has 2 atom stereocenters. The van der Waals surface area contributed by atoms with Crippen LogP contribution in [-0.2, 0) is 9.53 Å². The van der Waals surface area contributed by atoms with Crippen molar-refractivity contribution >= 4 is 17.6 Å². The molecule has 1 fully saturated rings. The molecule has 0 saturated heterocycles. The minimum absolute atomic E-state index is 0.0327. The van der Waals surface area contributed by atoms with Gasteiger partial charge in [0.2, 0.25) is 0 Å². The maximum atomic E-state index is 12.8. The highest BCUT2D eigenvalue weighted by atomic mass is 16.5. The Labute approximate surface area is 235 Å². The Morgan fingerprint density at radius 3 is 2.35 bits per heavy atom. The Balaban J connectivity index is 1.31. The summed E-state index contributed by atoms with van der Waals surface area (Å²) >= 11 is 0. The number of nitrogens with zero attached hydrogens (tertiary/aromatic N) is 2. The third-order valence-electron chi connectivity index (χ3n) is 7.01. The van der Waals surface area contributed by atoms with Gasteiger partial charge < -0.3 is 19.9 Å². The molecule has 0 bridgehead atoms. The molecule has 8 heteroatoms. The Kier molecular flexibility index (Phi) is 10.0. The normalized spacial score (nSPS) is 18.8. The zero-order chi connectivity index (χ0) is 28.5. The van der Waals surface area contributed by atoms with E-state index in [1.807, 2.05) is 73.6 Å². The Bertz CT molecular complexity index is 1290. The van der Waals surface area contributed by atoms with Crippen LogP contribution in [0.25, 0.3) is 0 Å². The molecule has 0 aliphatic heterocycles. The van der Waals surface area contributed by atoms with Gasteiger partial charge >= 0.3 is 5.97 Å². The maximum absolute atomic E-state index is 12.8. The van der Waals surface area contributed by atoms with Crippen LogP contribution in [0.3, 0.4) is 0 Å². The smallest absolute Gasteiger partial charge is 0.306 e. The van der Waals surface area contributed by atoms with E-state index in [0.717, 1.165) is 18.5 Å². The second-order valence-electron chi connectivity index (χ2n) is 10.3. The van der Waals surface area contributed by atoms with E-state index in [9.17, 15) is 14.7 Å². The van der Waals surface area contributed by atoms with Crippen molar-refractivity contribution in [3.05, 3.63) is 96.3 Å². The van der Waals surface area contributed by atoms with Gasteiger partial charge in [-0.25, -0.2) is 0 Å². The molecule has 40 heavy (non-hydrogen) atoms. The highest BCUT2D eigenvalue weighted by molar-refractivity contribution is 6.04. The number of pyridine rings is 1. The molecule has 0 spiro atoms. The molecule has 1 aromatic heterocycles. The lowest BCUT2D eigenvalue weighted by Gasteiger charge is -2.31. The van der Waals surface area contributed by atoms with E-state index >= 15 is 0 Å². The highest BCUT2D eigenvalue weighted by Crippen LogP contribution is 2.28. The molecule has 0 radical (unpaired) electrons. The largest absolute Gasteiger partial charge is 0.481 e. The summed E-state index contributed by atoms with van der Waals surface area (Å²) in [5, 5.41) is 12.1. The molecular weight excluding hydrogens is 506 g/mol. The van der Waals surface area contributed by atoms with Crippen molar-refractivity contribution in [2.45, 2.75) is 50.9 Å². The number of para-hydroxylation sites is 1. The van der Waals surface area contributed by atoms with Gasteiger partial charge in [0.05, 0.1) is 23.9 Å². The minimum atomic E-state index is -0.711. The molecule has 2 unspecified atom stereocenters. The molecule has 3 aromatic rings. The van der Waals surface area contributed by atoms with E-state index in [-0.39, 0.29) is 30.1 Å². The molecular formula is C32H37N3O5. The first-order chi connectivity index (χ1) is 19.3. The van der Waals surface area contributed by atoms with Crippen molar-refractivity contribution in [1.82, 2.24) is 9.88 Å². The van der Waals surface area contributed by atoms with Crippen LogP contribution in [0.15, 0.2) is 85.1 Å². The molecule has 1 amide bonds. The minimum Gasteiger partial charge on any atom is -0.481 e. The lowest BCUT2D eigenvalue weighted by atomic mass is 9.87. The quantitative estimate of drug-likeness (QED) is 0.215. The number of allylic oxidation sites excluding steroid dienone is 1. The van der Waals surface area contributed by atoms with Crippen molar-refractivity contribution in [3.8, 4) is 11.5 Å². The summed E-state index contributed by atoms with van der Waals surface area (Å²) < 4.78 is 12.1. The van der Waals surface area contributed by atoms with Crippen molar-refractivity contribution < 1.29 is 24.2 Å². The van der Waals surface area contributed by atoms with Gasteiger partial charge in [-0.2, -0.15) is 0 Å². The standard InChI is InChI=1S/C32H37N3O5/c1-22(12-19-30(35(2)3)40-27-16-13-23(14-17-27)32(37)38)29-18-15-25(21-33-29)34-31(36)24-8-7-11-28(20-24)39-26-9-5-4-6-10-26/h4-12,15,18-23,27,30H,13-14,16-17H2,1-3H3,(H,34,36)(H,37,38). The number of nitrogens with one attached hydrogen (secondary N) is 1. The fourth-order valence-corrected chi connectivity index (χ4v) is 4.62. The number of amides is 1. The number of aliphatic carboxylic acids is 1. The van der Waals surface area contributed by atoms with Gasteiger partial charge in [-0.05, 0) is 88.3 Å². The first-order valence-corrected chi connectivity index (χ1v) is 13.6. The molecule has 1 aliphatic rings. The molecule has 2 N–H and O–H groups in total. The van der Waals surface area contributed by atoms with E-state index in [0.29, 0.717) is 35.6 Å². The number of aromatic nitrogens is 1. The van der Waals surface area contributed by atoms with Crippen LogP contribution in [0.2, 0.25) is 0 Å². The average Bonchev–Trinajstić information content (AvgIpc) is 2.96. The molecule has 1 heterocycles. The SMILES string of the molecule is CC(C=CC(OC1CCC(C(=O)O)CC1)N(C)C)c1ccc(NC(=O)c2cccc(Oc3ccccc3)c2)cn1. The van der Waals surface area contributed by atoms with Crippen molar-refractivity contribution in [1.29, 1.82) is 0 Å². The highest BCUT2D eigenvalue weighted by Gasteiger charge is 2.28. The van der Waals surface area contributed by atoms with Crippen LogP contribution < -0.4 is 10.1 Å². The van der Waals surface area contributed by atoms with Gasteiger partial charge in [-0.3, -0.25) is 19.5 Å². The maximum Gasteiger partial charge on any atom is 0.306 e. The summed E-state index contributed by atoms with van der Waals surface area (Å²) in [6.45, 7) is 2.06. The number of carboxylic acid groups (broad SMARTS) is 1. The van der Waals surface area contributed by atoms with Crippen molar-refractivity contribution in [2.75, 3.05) is 19.4 Å². The monoisotopic (exact) mass is 543 g/mol. The summed E-state index contributed by atoms with van der Waals surface area (Å²) in [6.07, 6.45) is 8.39. The van der Waals surface area contributed by atoms with Gasteiger partial charge in [0.1, 0.15) is 17.7 Å². The predicted octanol–water partition coefficient (Wildman–Crippen LogP) is 6.33. The second kappa shape index (κ2) is 13.9. The lowest BCUT2D eigenvalue weighted by Crippen LogP contribution is -2.35. The van der Waals surface area contributed by atoms with Crippen LogP contribution in [-0.4, -0.2) is 53.3 Å². The van der Waals surface area contributed by atoms with Gasteiger partial charge in [0.25, 0.3) is 5.91 Å². The number of rotatable bonds is 11. The van der Waals surface area contributed by atoms with Crippen LogP contribution in [0.1, 0.15) is 54.6 Å². The number of likely N-dealkylation sites (N-methyl/N-ethyl adjacent to an activating group) is 1. The molecule has 1 saturated carbocycles. The van der Waals surface area contributed by atoms with E-state index in [2.05, 4.69) is 23.3 Å². The summed E-state index contributed by atoms with van der Waals surface area (Å²) in [5.41, 5.74) is 1.96. The summed E-state index contributed by atoms with van der Waals surface area (Å²) in [6, 6.07) is 20.2. The Morgan fingerprint density at radius 1 is 0.975 bits per heavy atom.